The van der Waals surface area contributed by atoms with E-state index >= 15 is 0 Å². The molecule has 7 heteroatoms. The number of hydrogen-bond acceptors (Lipinski definition) is 4. The van der Waals surface area contributed by atoms with Gasteiger partial charge >= 0.3 is 0 Å². The molecule has 0 radical (unpaired) electrons. The highest BCUT2D eigenvalue weighted by atomic mass is 35.5. The lowest BCUT2D eigenvalue weighted by atomic mass is 9.98. The molecule has 1 N–H and O–H groups in total. The first kappa shape index (κ1) is 16.2. The van der Waals surface area contributed by atoms with Gasteiger partial charge in [-0.25, -0.2) is 9.37 Å². The van der Waals surface area contributed by atoms with Crippen LogP contribution in [0.5, 0.6) is 0 Å². The van der Waals surface area contributed by atoms with Crippen LogP contribution >= 0.6 is 22.9 Å². The second-order valence-corrected chi connectivity index (χ2v) is 6.88. The summed E-state index contributed by atoms with van der Waals surface area (Å²) >= 11 is 7.55. The third-order valence-electron chi connectivity index (χ3n) is 3.94. The number of carbonyl (C=O) groups excluding carboxylic acids is 1. The molecule has 1 atom stereocenters. The van der Waals surface area contributed by atoms with Gasteiger partial charge in [-0.15, -0.1) is 11.3 Å². The average Bonchev–Trinajstić information content (AvgIpc) is 3.07. The fourth-order valence-corrected chi connectivity index (χ4v) is 3.72. The molecule has 1 unspecified atom stereocenters. The molecule has 23 heavy (non-hydrogen) atoms. The molecule has 122 valence electrons. The van der Waals surface area contributed by atoms with E-state index in [4.69, 9.17) is 11.6 Å². The molecule has 2 heterocycles. The van der Waals surface area contributed by atoms with Gasteiger partial charge in [-0.3, -0.25) is 4.79 Å². The molecular formula is C16H17ClFN3OS. The number of nitrogens with zero attached hydrogens (tertiary/aromatic N) is 2. The van der Waals surface area contributed by atoms with E-state index in [0.29, 0.717) is 18.0 Å². The summed E-state index contributed by atoms with van der Waals surface area (Å²) in [5, 5.41) is 6.04. The van der Waals surface area contributed by atoms with Crippen molar-refractivity contribution in [2.24, 2.45) is 5.92 Å². The molecule has 2 aromatic rings. The Morgan fingerprint density at radius 3 is 3.13 bits per heavy atom. The third kappa shape index (κ3) is 4.00. The Bertz CT molecular complexity index is 680. The van der Waals surface area contributed by atoms with E-state index in [1.54, 1.807) is 11.3 Å². The van der Waals surface area contributed by atoms with E-state index in [1.807, 2.05) is 11.6 Å². The Morgan fingerprint density at radius 1 is 1.52 bits per heavy atom. The first-order valence-corrected chi connectivity index (χ1v) is 8.77. The van der Waals surface area contributed by atoms with Crippen molar-refractivity contribution >= 4 is 34.0 Å². The van der Waals surface area contributed by atoms with Gasteiger partial charge in [0.1, 0.15) is 5.82 Å². The minimum absolute atomic E-state index is 0.135. The average molecular weight is 354 g/mol. The minimum atomic E-state index is -0.446. The van der Waals surface area contributed by atoms with Crippen LogP contribution in [0.1, 0.15) is 23.2 Å². The number of thiazole rings is 1. The smallest absolute Gasteiger partial charge is 0.252 e. The van der Waals surface area contributed by atoms with Gasteiger partial charge in [0.15, 0.2) is 5.13 Å². The van der Waals surface area contributed by atoms with Gasteiger partial charge in [0, 0.05) is 31.2 Å². The Kier molecular flexibility index (Phi) is 5.13. The van der Waals surface area contributed by atoms with Crippen molar-refractivity contribution in [3.8, 4) is 0 Å². The molecule has 1 fully saturated rings. The number of benzene rings is 1. The summed E-state index contributed by atoms with van der Waals surface area (Å²) in [7, 11) is 0. The lowest BCUT2D eigenvalue weighted by molar-refractivity contribution is 0.0946. The van der Waals surface area contributed by atoms with Crippen LogP contribution in [-0.2, 0) is 0 Å². The highest BCUT2D eigenvalue weighted by molar-refractivity contribution is 7.13. The van der Waals surface area contributed by atoms with Gasteiger partial charge in [0.25, 0.3) is 5.91 Å². The second kappa shape index (κ2) is 7.27. The third-order valence-corrected chi connectivity index (χ3v) is 5.08. The second-order valence-electron chi connectivity index (χ2n) is 5.60. The van der Waals surface area contributed by atoms with Crippen molar-refractivity contribution < 1.29 is 9.18 Å². The van der Waals surface area contributed by atoms with E-state index in [2.05, 4.69) is 15.2 Å². The van der Waals surface area contributed by atoms with E-state index in [1.165, 1.54) is 12.1 Å². The maximum absolute atomic E-state index is 13.0. The van der Waals surface area contributed by atoms with Crippen LogP contribution in [0, 0.1) is 11.7 Å². The van der Waals surface area contributed by atoms with E-state index in [-0.39, 0.29) is 10.9 Å². The van der Waals surface area contributed by atoms with Crippen LogP contribution in [0.25, 0.3) is 0 Å². The van der Waals surface area contributed by atoms with Crippen molar-refractivity contribution in [2.75, 3.05) is 24.5 Å². The molecule has 1 aromatic carbocycles. The SMILES string of the molecule is O=C(NCC1CCCN(c2nccs2)C1)c1ccc(F)cc1Cl. The van der Waals surface area contributed by atoms with Gasteiger partial charge in [-0.1, -0.05) is 11.6 Å². The summed E-state index contributed by atoms with van der Waals surface area (Å²) in [6, 6.07) is 3.81. The summed E-state index contributed by atoms with van der Waals surface area (Å²) in [6.45, 7) is 2.46. The van der Waals surface area contributed by atoms with Crippen LogP contribution in [0.3, 0.4) is 0 Å². The zero-order valence-corrected chi connectivity index (χ0v) is 14.0. The first-order valence-electron chi connectivity index (χ1n) is 7.51. The number of amides is 1. The highest BCUT2D eigenvalue weighted by Crippen LogP contribution is 2.24. The predicted octanol–water partition coefficient (Wildman–Crippen LogP) is 3.58. The molecule has 3 rings (SSSR count). The van der Waals surface area contributed by atoms with E-state index in [9.17, 15) is 9.18 Å². The van der Waals surface area contributed by atoms with Gasteiger partial charge < -0.3 is 10.2 Å². The molecule has 0 aliphatic carbocycles. The lowest BCUT2D eigenvalue weighted by Gasteiger charge is -2.32. The molecule has 1 aliphatic rings. The maximum Gasteiger partial charge on any atom is 0.252 e. The minimum Gasteiger partial charge on any atom is -0.352 e. The largest absolute Gasteiger partial charge is 0.352 e. The van der Waals surface area contributed by atoms with Gasteiger partial charge in [-0.05, 0) is 37.0 Å². The number of hydrogen-bond donors (Lipinski definition) is 1. The first-order chi connectivity index (χ1) is 11.1. The van der Waals surface area contributed by atoms with Crippen LogP contribution in [0.2, 0.25) is 5.02 Å². The van der Waals surface area contributed by atoms with E-state index < -0.39 is 5.82 Å². The van der Waals surface area contributed by atoms with Crippen molar-refractivity contribution in [3.63, 3.8) is 0 Å². The fourth-order valence-electron chi connectivity index (χ4n) is 2.78. The Labute approximate surface area is 143 Å². The predicted molar refractivity (Wildman–Crippen MR) is 90.8 cm³/mol. The monoisotopic (exact) mass is 353 g/mol. The van der Waals surface area contributed by atoms with Gasteiger partial charge in [0.05, 0.1) is 10.6 Å². The van der Waals surface area contributed by atoms with Crippen LogP contribution in [0.15, 0.2) is 29.8 Å². The summed E-state index contributed by atoms with van der Waals surface area (Å²) in [4.78, 5) is 18.8. The van der Waals surface area contributed by atoms with Crippen molar-refractivity contribution in [1.29, 1.82) is 0 Å². The topological polar surface area (TPSA) is 45.2 Å². The quantitative estimate of drug-likeness (QED) is 0.913. The molecule has 4 nitrogen and oxygen atoms in total. The Hall–Kier alpha value is -1.66. The summed E-state index contributed by atoms with van der Waals surface area (Å²) in [6.07, 6.45) is 3.96. The van der Waals surface area contributed by atoms with E-state index in [0.717, 1.165) is 37.1 Å². The number of rotatable bonds is 4. The number of halogens is 2. The van der Waals surface area contributed by atoms with Gasteiger partial charge in [0.2, 0.25) is 0 Å². The number of anilines is 1. The molecule has 1 saturated heterocycles. The standard InChI is InChI=1S/C16H17ClFN3OS/c17-14-8-12(18)3-4-13(14)15(22)20-9-11-2-1-6-21(10-11)16-19-5-7-23-16/h3-5,7-8,11H,1-2,6,9-10H2,(H,20,22). The normalized spacial score (nSPS) is 18.0. The van der Waals surface area contributed by atoms with Crippen LogP contribution in [-0.4, -0.2) is 30.5 Å². The molecule has 1 aliphatic heterocycles. The lowest BCUT2D eigenvalue weighted by Crippen LogP contribution is -2.41. The Balaban J connectivity index is 1.56. The number of nitrogens with one attached hydrogen (secondary N) is 1. The van der Waals surface area contributed by atoms with Crippen molar-refractivity contribution in [3.05, 3.63) is 46.2 Å². The molecule has 1 amide bonds. The molecule has 0 spiro atoms. The number of aromatic nitrogens is 1. The highest BCUT2D eigenvalue weighted by Gasteiger charge is 2.22. The number of piperidine rings is 1. The summed E-state index contributed by atoms with van der Waals surface area (Å²) in [5.74, 6) is -0.338. The zero-order valence-electron chi connectivity index (χ0n) is 12.5. The molecular weight excluding hydrogens is 337 g/mol. The van der Waals surface area contributed by atoms with Crippen LogP contribution in [0.4, 0.5) is 9.52 Å². The Morgan fingerprint density at radius 2 is 2.39 bits per heavy atom. The van der Waals surface area contributed by atoms with Gasteiger partial charge in [-0.2, -0.15) is 0 Å². The molecule has 0 saturated carbocycles. The van der Waals surface area contributed by atoms with Crippen molar-refractivity contribution in [2.45, 2.75) is 12.8 Å². The fraction of sp³-hybridized carbons (Fsp3) is 0.375. The van der Waals surface area contributed by atoms with Crippen LogP contribution < -0.4 is 10.2 Å². The summed E-state index contributed by atoms with van der Waals surface area (Å²) < 4.78 is 13.0. The zero-order chi connectivity index (χ0) is 16.2. The maximum atomic E-state index is 13.0. The van der Waals surface area contributed by atoms with Crippen molar-refractivity contribution in [1.82, 2.24) is 10.3 Å². The molecule has 0 bridgehead atoms. The number of carbonyl (C=O) groups is 1. The molecule has 1 aromatic heterocycles. The summed E-state index contributed by atoms with van der Waals surface area (Å²) in [5.41, 5.74) is 0.306.